The van der Waals surface area contributed by atoms with Crippen molar-refractivity contribution in [3.8, 4) is 78.0 Å². The molecular formula is C51H35N. The van der Waals surface area contributed by atoms with Gasteiger partial charge in [0.1, 0.15) is 0 Å². The van der Waals surface area contributed by atoms with E-state index in [1.54, 1.807) is 0 Å². The smallest absolute Gasteiger partial charge is 0.0708 e. The van der Waals surface area contributed by atoms with Gasteiger partial charge in [0, 0.05) is 17.1 Å². The van der Waals surface area contributed by atoms with Crippen LogP contribution in [0.25, 0.3) is 88.8 Å². The molecule has 0 unspecified atom stereocenters. The molecule has 0 saturated carbocycles. The van der Waals surface area contributed by atoms with Crippen molar-refractivity contribution in [3.63, 3.8) is 0 Å². The zero-order valence-corrected chi connectivity index (χ0v) is 28.7. The van der Waals surface area contributed by atoms with Gasteiger partial charge in [0.05, 0.1) is 5.69 Å². The summed E-state index contributed by atoms with van der Waals surface area (Å²) in [4.78, 5) is 4.78. The number of aromatic nitrogens is 1. The summed E-state index contributed by atoms with van der Waals surface area (Å²) < 4.78 is 0. The molecular weight excluding hydrogens is 627 g/mol. The monoisotopic (exact) mass is 661 g/mol. The Bertz CT molecular complexity index is 2550. The molecule has 0 amide bonds. The third-order valence-electron chi connectivity index (χ3n) is 9.94. The van der Waals surface area contributed by atoms with Crippen molar-refractivity contribution in [2.24, 2.45) is 0 Å². The van der Waals surface area contributed by atoms with E-state index in [9.17, 15) is 0 Å². The van der Waals surface area contributed by atoms with Crippen LogP contribution < -0.4 is 0 Å². The molecule has 0 saturated heterocycles. The van der Waals surface area contributed by atoms with E-state index in [2.05, 4.69) is 206 Å². The topological polar surface area (TPSA) is 12.9 Å². The summed E-state index contributed by atoms with van der Waals surface area (Å²) >= 11 is 0. The lowest BCUT2D eigenvalue weighted by atomic mass is 9.86. The summed E-state index contributed by atoms with van der Waals surface area (Å²) in [5.41, 5.74) is 16.4. The van der Waals surface area contributed by atoms with Gasteiger partial charge < -0.3 is 0 Å². The number of pyridine rings is 1. The fourth-order valence-electron chi connectivity index (χ4n) is 7.35. The van der Waals surface area contributed by atoms with Crippen LogP contribution >= 0.6 is 0 Å². The number of fused-ring (bicyclic) bond motifs is 1. The van der Waals surface area contributed by atoms with Crippen LogP contribution in [-0.2, 0) is 0 Å². The van der Waals surface area contributed by atoms with Gasteiger partial charge in [-0.3, -0.25) is 4.98 Å². The highest BCUT2D eigenvalue weighted by molar-refractivity contribution is 5.94. The van der Waals surface area contributed by atoms with E-state index in [1.807, 2.05) is 6.20 Å². The minimum absolute atomic E-state index is 0.977. The summed E-state index contributed by atoms with van der Waals surface area (Å²) in [6.07, 6.45) is 1.96. The summed E-state index contributed by atoms with van der Waals surface area (Å²) in [5, 5.41) is 2.34. The van der Waals surface area contributed by atoms with Crippen LogP contribution in [-0.4, -0.2) is 4.98 Å². The van der Waals surface area contributed by atoms with Crippen molar-refractivity contribution >= 4 is 10.8 Å². The molecule has 0 aliphatic carbocycles. The quantitative estimate of drug-likeness (QED) is 0.166. The van der Waals surface area contributed by atoms with Gasteiger partial charge in [0.15, 0.2) is 0 Å². The Labute approximate surface area is 305 Å². The fourth-order valence-corrected chi connectivity index (χ4v) is 7.35. The molecule has 0 aliphatic rings. The molecule has 244 valence electrons. The van der Waals surface area contributed by atoms with Gasteiger partial charge in [-0.15, -0.1) is 0 Å². The number of rotatable bonds is 7. The van der Waals surface area contributed by atoms with E-state index in [0.717, 1.165) is 16.6 Å². The van der Waals surface area contributed by atoms with Crippen molar-refractivity contribution < 1.29 is 0 Å². The zero-order chi connectivity index (χ0) is 34.7. The lowest BCUT2D eigenvalue weighted by Gasteiger charge is -2.18. The minimum atomic E-state index is 0.977. The number of nitrogens with zero attached hydrogens (tertiary/aromatic N) is 1. The van der Waals surface area contributed by atoms with Crippen LogP contribution in [0.1, 0.15) is 0 Å². The lowest BCUT2D eigenvalue weighted by Crippen LogP contribution is -1.92. The molecule has 0 N–H and O–H groups in total. The molecule has 52 heavy (non-hydrogen) atoms. The molecule has 0 aliphatic heterocycles. The molecule has 8 aromatic carbocycles. The molecule has 0 atom stereocenters. The van der Waals surface area contributed by atoms with Gasteiger partial charge in [0.25, 0.3) is 0 Å². The Kier molecular flexibility index (Phi) is 8.29. The first-order valence-electron chi connectivity index (χ1n) is 17.8. The maximum absolute atomic E-state index is 4.78. The first-order chi connectivity index (χ1) is 25.8. The van der Waals surface area contributed by atoms with Gasteiger partial charge in [-0.2, -0.15) is 0 Å². The van der Waals surface area contributed by atoms with Gasteiger partial charge in [0.2, 0.25) is 0 Å². The highest BCUT2D eigenvalue weighted by Gasteiger charge is 2.16. The summed E-state index contributed by atoms with van der Waals surface area (Å²) in [6, 6.07) is 74.2. The highest BCUT2D eigenvalue weighted by Crippen LogP contribution is 2.42. The Morgan fingerprint density at radius 3 is 1.00 bits per heavy atom. The largest absolute Gasteiger partial charge is 0.256 e. The van der Waals surface area contributed by atoms with Crippen molar-refractivity contribution in [1.29, 1.82) is 0 Å². The molecule has 1 nitrogen and oxygen atoms in total. The Hall–Kier alpha value is -6.83. The SMILES string of the molecule is c1ccc(-c2ccccc2-c2cc(-c3ccccc3-c3ccccc3)cc(-c3ccccc3-c3ccc(-c4cc5ccccc5cn4)cc3)c2)cc1. The van der Waals surface area contributed by atoms with E-state index in [-0.39, 0.29) is 0 Å². The molecule has 9 rings (SSSR count). The van der Waals surface area contributed by atoms with Gasteiger partial charge >= 0.3 is 0 Å². The third-order valence-corrected chi connectivity index (χ3v) is 9.94. The zero-order valence-electron chi connectivity index (χ0n) is 28.7. The molecule has 0 radical (unpaired) electrons. The second-order valence-electron chi connectivity index (χ2n) is 13.2. The summed E-state index contributed by atoms with van der Waals surface area (Å²) in [5.74, 6) is 0. The molecule has 0 fully saturated rings. The first-order valence-corrected chi connectivity index (χ1v) is 17.8. The Balaban J connectivity index is 1.20. The van der Waals surface area contributed by atoms with E-state index in [1.165, 1.54) is 72.1 Å². The van der Waals surface area contributed by atoms with E-state index in [0.29, 0.717) is 0 Å². The predicted octanol–water partition coefficient (Wildman–Crippen LogP) is 13.9. The highest BCUT2D eigenvalue weighted by atomic mass is 14.7. The first kappa shape index (κ1) is 31.2. The minimum Gasteiger partial charge on any atom is -0.256 e. The average Bonchev–Trinajstić information content (AvgIpc) is 3.24. The van der Waals surface area contributed by atoms with Crippen LogP contribution in [0.15, 0.2) is 212 Å². The van der Waals surface area contributed by atoms with E-state index in [4.69, 9.17) is 4.98 Å². The molecule has 0 spiro atoms. The van der Waals surface area contributed by atoms with Gasteiger partial charge in [-0.1, -0.05) is 182 Å². The second kappa shape index (κ2) is 13.8. The molecule has 9 aromatic rings. The van der Waals surface area contributed by atoms with E-state index < -0.39 is 0 Å². The van der Waals surface area contributed by atoms with Crippen molar-refractivity contribution in [2.75, 3.05) is 0 Å². The van der Waals surface area contributed by atoms with E-state index >= 15 is 0 Å². The molecule has 1 heterocycles. The predicted molar refractivity (Wildman–Crippen MR) is 220 cm³/mol. The van der Waals surface area contributed by atoms with Crippen LogP contribution in [0.3, 0.4) is 0 Å². The van der Waals surface area contributed by atoms with Crippen molar-refractivity contribution in [1.82, 2.24) is 4.98 Å². The lowest BCUT2D eigenvalue weighted by molar-refractivity contribution is 1.36. The fraction of sp³-hybridized carbons (Fsp3) is 0. The van der Waals surface area contributed by atoms with Crippen molar-refractivity contribution in [3.05, 3.63) is 212 Å². The molecule has 1 heteroatoms. The van der Waals surface area contributed by atoms with Crippen LogP contribution in [0.5, 0.6) is 0 Å². The number of hydrogen-bond donors (Lipinski definition) is 0. The summed E-state index contributed by atoms with van der Waals surface area (Å²) in [6.45, 7) is 0. The van der Waals surface area contributed by atoms with Gasteiger partial charge in [-0.05, 0) is 96.4 Å². The maximum atomic E-state index is 4.78. The normalized spacial score (nSPS) is 11.1. The van der Waals surface area contributed by atoms with Gasteiger partial charge in [-0.25, -0.2) is 0 Å². The molecule has 1 aromatic heterocycles. The van der Waals surface area contributed by atoms with Crippen LogP contribution in [0.4, 0.5) is 0 Å². The third kappa shape index (κ3) is 6.10. The Morgan fingerprint density at radius 2 is 0.558 bits per heavy atom. The number of hydrogen-bond acceptors (Lipinski definition) is 1. The van der Waals surface area contributed by atoms with Crippen molar-refractivity contribution in [2.45, 2.75) is 0 Å². The average molecular weight is 662 g/mol. The number of benzene rings is 8. The Morgan fingerprint density at radius 1 is 0.231 bits per heavy atom. The van der Waals surface area contributed by atoms with Crippen LogP contribution in [0.2, 0.25) is 0 Å². The second-order valence-corrected chi connectivity index (χ2v) is 13.2. The van der Waals surface area contributed by atoms with Crippen LogP contribution in [0, 0.1) is 0 Å². The maximum Gasteiger partial charge on any atom is 0.0708 e. The standard InChI is InChI=1S/C51H35N/c1-3-15-36(16-4-1)45-21-9-12-24-48(45)42-31-43(49-25-13-10-22-46(49)37-17-5-2-6-18-37)33-44(32-42)50-26-14-11-23-47(50)38-27-29-39(30-28-38)51-34-40-19-7-8-20-41(40)35-52-51/h1-35H. The summed E-state index contributed by atoms with van der Waals surface area (Å²) in [7, 11) is 0. The molecule has 0 bridgehead atoms.